The van der Waals surface area contributed by atoms with Crippen LogP contribution in [0.5, 0.6) is 5.75 Å². The number of unbranched alkanes of at least 4 members (excludes halogenated alkanes) is 1. The summed E-state index contributed by atoms with van der Waals surface area (Å²) in [5, 5.41) is 0. The highest BCUT2D eigenvalue weighted by atomic mass is 16.5. The van der Waals surface area contributed by atoms with Crippen LogP contribution in [0.2, 0.25) is 0 Å². The van der Waals surface area contributed by atoms with Crippen LogP contribution in [-0.2, 0) is 20.7 Å². The van der Waals surface area contributed by atoms with E-state index in [0.29, 0.717) is 38.0 Å². The van der Waals surface area contributed by atoms with Crippen LogP contribution in [0.25, 0.3) is 0 Å². The van der Waals surface area contributed by atoms with Crippen molar-refractivity contribution >= 4 is 11.9 Å². The molecule has 0 saturated carbocycles. The van der Waals surface area contributed by atoms with Crippen LogP contribution in [0.4, 0.5) is 0 Å². The van der Waals surface area contributed by atoms with Crippen molar-refractivity contribution in [2.75, 3.05) is 6.61 Å². The molecule has 0 unspecified atom stereocenters. The number of carbonyl (C=O) groups is 2. The Hall–Kier alpha value is -1.84. The van der Waals surface area contributed by atoms with Gasteiger partial charge in [-0.05, 0) is 37.8 Å². The topological polar surface area (TPSA) is 52.6 Å². The molecule has 0 N–H and O–H groups in total. The number of rotatable bonds is 8. The van der Waals surface area contributed by atoms with Gasteiger partial charge in [-0.1, -0.05) is 25.1 Å². The predicted molar refractivity (Wildman–Crippen MR) is 76.6 cm³/mol. The van der Waals surface area contributed by atoms with Crippen molar-refractivity contribution in [2.45, 2.75) is 46.0 Å². The number of para-hydroxylation sites is 1. The van der Waals surface area contributed by atoms with Gasteiger partial charge in [-0.15, -0.1) is 0 Å². The average molecular weight is 278 g/mol. The Balaban J connectivity index is 2.28. The zero-order valence-electron chi connectivity index (χ0n) is 12.2. The van der Waals surface area contributed by atoms with E-state index in [9.17, 15) is 9.59 Å². The van der Waals surface area contributed by atoms with Crippen LogP contribution >= 0.6 is 0 Å². The number of hydrogen-bond donors (Lipinski definition) is 0. The summed E-state index contributed by atoms with van der Waals surface area (Å²) in [5.41, 5.74) is 1.02. The molecular formula is C16H22O4. The first-order valence-corrected chi connectivity index (χ1v) is 7.11. The second-order valence-corrected chi connectivity index (χ2v) is 4.45. The fraction of sp³-hybridized carbons (Fsp3) is 0.500. The van der Waals surface area contributed by atoms with Crippen molar-refractivity contribution in [3.63, 3.8) is 0 Å². The molecule has 0 bridgehead atoms. The van der Waals surface area contributed by atoms with Crippen LogP contribution in [0.15, 0.2) is 24.3 Å². The van der Waals surface area contributed by atoms with Gasteiger partial charge in [0.2, 0.25) is 0 Å². The zero-order valence-corrected chi connectivity index (χ0v) is 12.2. The predicted octanol–water partition coefficient (Wildman–Crippen LogP) is 3.28. The Morgan fingerprint density at radius 1 is 1.00 bits per heavy atom. The molecule has 0 aromatic heterocycles. The highest BCUT2D eigenvalue weighted by Gasteiger charge is 2.08. The molecule has 0 saturated heterocycles. The second kappa shape index (κ2) is 9.13. The van der Waals surface area contributed by atoms with Crippen molar-refractivity contribution in [1.29, 1.82) is 0 Å². The van der Waals surface area contributed by atoms with E-state index in [-0.39, 0.29) is 11.9 Å². The Kier molecular flexibility index (Phi) is 7.40. The van der Waals surface area contributed by atoms with Gasteiger partial charge in [-0.25, -0.2) is 0 Å². The number of esters is 2. The molecule has 0 aliphatic carbocycles. The van der Waals surface area contributed by atoms with Crippen molar-refractivity contribution in [2.24, 2.45) is 0 Å². The third-order valence-electron chi connectivity index (χ3n) is 2.89. The lowest BCUT2D eigenvalue weighted by Crippen LogP contribution is -2.09. The van der Waals surface area contributed by atoms with Gasteiger partial charge in [0, 0.05) is 12.8 Å². The highest BCUT2D eigenvalue weighted by Crippen LogP contribution is 2.19. The minimum absolute atomic E-state index is 0.211. The van der Waals surface area contributed by atoms with E-state index >= 15 is 0 Å². The molecule has 0 spiro atoms. The molecule has 1 aromatic rings. The van der Waals surface area contributed by atoms with Gasteiger partial charge in [0.25, 0.3) is 0 Å². The summed E-state index contributed by atoms with van der Waals surface area (Å²) < 4.78 is 10.2. The van der Waals surface area contributed by atoms with Crippen molar-refractivity contribution < 1.29 is 19.1 Å². The average Bonchev–Trinajstić information content (AvgIpc) is 2.44. The lowest BCUT2D eigenvalue weighted by Gasteiger charge is -2.08. The molecule has 0 fully saturated rings. The van der Waals surface area contributed by atoms with E-state index in [1.165, 1.54) is 0 Å². The quantitative estimate of drug-likeness (QED) is 0.416. The standard InChI is InChI=1S/C16H22O4/c1-3-13-9-5-6-10-14(13)20-16(18)12-8-7-11-15(17)19-4-2/h5-6,9-10H,3-4,7-8,11-12H2,1-2H3. The van der Waals surface area contributed by atoms with Gasteiger partial charge in [0.05, 0.1) is 6.61 Å². The Morgan fingerprint density at radius 2 is 1.65 bits per heavy atom. The summed E-state index contributed by atoms with van der Waals surface area (Å²) in [7, 11) is 0. The van der Waals surface area contributed by atoms with E-state index in [2.05, 4.69) is 0 Å². The van der Waals surface area contributed by atoms with Gasteiger partial charge in [0.15, 0.2) is 0 Å². The third-order valence-corrected chi connectivity index (χ3v) is 2.89. The summed E-state index contributed by atoms with van der Waals surface area (Å²) in [6, 6.07) is 7.52. The highest BCUT2D eigenvalue weighted by molar-refractivity contribution is 5.73. The Morgan fingerprint density at radius 3 is 2.30 bits per heavy atom. The van der Waals surface area contributed by atoms with Gasteiger partial charge >= 0.3 is 11.9 Å². The fourth-order valence-corrected chi connectivity index (χ4v) is 1.84. The largest absolute Gasteiger partial charge is 0.466 e. The molecule has 0 amide bonds. The maximum Gasteiger partial charge on any atom is 0.311 e. The maximum absolute atomic E-state index is 11.7. The van der Waals surface area contributed by atoms with Crippen LogP contribution < -0.4 is 4.74 Å². The van der Waals surface area contributed by atoms with Crippen molar-refractivity contribution in [3.05, 3.63) is 29.8 Å². The van der Waals surface area contributed by atoms with E-state index in [1.54, 1.807) is 13.0 Å². The molecule has 110 valence electrons. The first-order chi connectivity index (χ1) is 9.67. The van der Waals surface area contributed by atoms with Gasteiger partial charge in [0.1, 0.15) is 5.75 Å². The molecule has 4 nitrogen and oxygen atoms in total. The molecule has 4 heteroatoms. The SMILES string of the molecule is CCOC(=O)CCCCC(=O)Oc1ccccc1CC. The third kappa shape index (κ3) is 5.87. The Labute approximate surface area is 120 Å². The zero-order chi connectivity index (χ0) is 14.8. The lowest BCUT2D eigenvalue weighted by molar-refractivity contribution is -0.143. The number of benzene rings is 1. The second-order valence-electron chi connectivity index (χ2n) is 4.45. The monoisotopic (exact) mass is 278 g/mol. The normalized spacial score (nSPS) is 10.1. The first-order valence-electron chi connectivity index (χ1n) is 7.11. The first kappa shape index (κ1) is 16.2. The number of hydrogen-bond acceptors (Lipinski definition) is 4. The summed E-state index contributed by atoms with van der Waals surface area (Å²) >= 11 is 0. The fourth-order valence-electron chi connectivity index (χ4n) is 1.84. The minimum Gasteiger partial charge on any atom is -0.466 e. The van der Waals surface area contributed by atoms with Gasteiger partial charge < -0.3 is 9.47 Å². The molecule has 0 heterocycles. The van der Waals surface area contributed by atoms with Gasteiger partial charge in [-0.2, -0.15) is 0 Å². The van der Waals surface area contributed by atoms with E-state index < -0.39 is 0 Å². The summed E-state index contributed by atoms with van der Waals surface area (Å²) in [5.74, 6) is 0.164. The molecule has 0 radical (unpaired) electrons. The lowest BCUT2D eigenvalue weighted by atomic mass is 10.1. The van der Waals surface area contributed by atoms with E-state index in [0.717, 1.165) is 12.0 Å². The van der Waals surface area contributed by atoms with Crippen LogP contribution in [0, 0.1) is 0 Å². The van der Waals surface area contributed by atoms with Crippen LogP contribution in [-0.4, -0.2) is 18.5 Å². The number of aryl methyl sites for hydroxylation is 1. The van der Waals surface area contributed by atoms with Crippen molar-refractivity contribution in [3.8, 4) is 5.75 Å². The molecule has 0 aliphatic rings. The van der Waals surface area contributed by atoms with E-state index in [1.807, 2.05) is 25.1 Å². The molecule has 0 aliphatic heterocycles. The maximum atomic E-state index is 11.7. The summed E-state index contributed by atoms with van der Waals surface area (Å²) in [4.78, 5) is 22.8. The Bertz CT molecular complexity index is 440. The van der Waals surface area contributed by atoms with Crippen LogP contribution in [0.3, 0.4) is 0 Å². The van der Waals surface area contributed by atoms with Crippen molar-refractivity contribution in [1.82, 2.24) is 0 Å². The summed E-state index contributed by atoms with van der Waals surface area (Å²) in [6.45, 7) is 4.20. The smallest absolute Gasteiger partial charge is 0.311 e. The van der Waals surface area contributed by atoms with Gasteiger partial charge in [-0.3, -0.25) is 9.59 Å². The molecule has 0 atom stereocenters. The molecule has 1 aromatic carbocycles. The number of ether oxygens (including phenoxy) is 2. The summed E-state index contributed by atoms with van der Waals surface area (Å²) in [6.07, 6.45) is 2.77. The minimum atomic E-state index is -0.255. The molecule has 20 heavy (non-hydrogen) atoms. The number of carbonyl (C=O) groups excluding carboxylic acids is 2. The molecular weight excluding hydrogens is 256 g/mol. The van der Waals surface area contributed by atoms with E-state index in [4.69, 9.17) is 9.47 Å². The van der Waals surface area contributed by atoms with Crippen LogP contribution in [0.1, 0.15) is 45.1 Å². The molecule has 1 rings (SSSR count).